The van der Waals surface area contributed by atoms with Crippen LogP contribution in [0.15, 0.2) is 71.6 Å². The zero-order valence-corrected chi connectivity index (χ0v) is 15.6. The van der Waals surface area contributed by atoms with Crippen LogP contribution in [-0.4, -0.2) is 27.1 Å². The molecule has 1 aliphatic carbocycles. The highest BCUT2D eigenvalue weighted by Crippen LogP contribution is 2.36. The molecule has 0 aromatic heterocycles. The SMILES string of the molecule is CS(=O)(=O)c1ccc(OCC(=O)c2ccc3c(c2)Cc2ccccc2-3)cc1. The molecule has 27 heavy (non-hydrogen) atoms. The van der Waals surface area contributed by atoms with Crippen molar-refractivity contribution in [3.63, 3.8) is 0 Å². The Bertz CT molecular complexity index is 1130. The average molecular weight is 378 g/mol. The van der Waals surface area contributed by atoms with Crippen molar-refractivity contribution in [1.82, 2.24) is 0 Å². The topological polar surface area (TPSA) is 60.4 Å². The van der Waals surface area contributed by atoms with E-state index < -0.39 is 9.84 Å². The van der Waals surface area contributed by atoms with Crippen molar-refractivity contribution in [3.05, 3.63) is 83.4 Å². The van der Waals surface area contributed by atoms with E-state index in [1.165, 1.54) is 28.8 Å². The number of ether oxygens (including phenoxy) is 1. The van der Waals surface area contributed by atoms with Crippen molar-refractivity contribution in [2.24, 2.45) is 0 Å². The van der Waals surface area contributed by atoms with Gasteiger partial charge in [0.05, 0.1) is 4.90 Å². The number of ketones is 1. The number of sulfone groups is 1. The molecule has 0 saturated heterocycles. The molecule has 3 aromatic carbocycles. The lowest BCUT2D eigenvalue weighted by Crippen LogP contribution is -2.12. The van der Waals surface area contributed by atoms with Gasteiger partial charge in [0.25, 0.3) is 0 Å². The summed E-state index contributed by atoms with van der Waals surface area (Å²) in [5.74, 6) is 0.352. The summed E-state index contributed by atoms with van der Waals surface area (Å²) in [6.07, 6.45) is 1.99. The van der Waals surface area contributed by atoms with Crippen molar-refractivity contribution >= 4 is 15.6 Å². The summed E-state index contributed by atoms with van der Waals surface area (Å²) in [5, 5.41) is 0. The Morgan fingerprint density at radius 2 is 1.63 bits per heavy atom. The fourth-order valence-corrected chi connectivity index (χ4v) is 3.96. The molecule has 0 spiro atoms. The van der Waals surface area contributed by atoms with Crippen LogP contribution in [0.4, 0.5) is 0 Å². The molecule has 5 heteroatoms. The van der Waals surface area contributed by atoms with Crippen LogP contribution < -0.4 is 4.74 Å². The van der Waals surface area contributed by atoms with E-state index in [9.17, 15) is 13.2 Å². The van der Waals surface area contributed by atoms with Crippen LogP contribution >= 0.6 is 0 Å². The molecule has 4 nitrogen and oxygen atoms in total. The number of fused-ring (bicyclic) bond motifs is 3. The van der Waals surface area contributed by atoms with Gasteiger partial charge in [-0.1, -0.05) is 36.4 Å². The van der Waals surface area contributed by atoms with Gasteiger partial charge < -0.3 is 4.74 Å². The van der Waals surface area contributed by atoms with Crippen LogP contribution in [0.1, 0.15) is 21.5 Å². The zero-order chi connectivity index (χ0) is 19.0. The van der Waals surface area contributed by atoms with E-state index >= 15 is 0 Å². The molecule has 136 valence electrons. The Morgan fingerprint density at radius 3 is 2.37 bits per heavy atom. The van der Waals surface area contributed by atoms with E-state index in [-0.39, 0.29) is 17.3 Å². The van der Waals surface area contributed by atoms with Crippen molar-refractivity contribution < 1.29 is 17.9 Å². The first-order valence-corrected chi connectivity index (χ1v) is 10.5. The second kappa shape index (κ2) is 6.67. The molecule has 0 N–H and O–H groups in total. The lowest BCUT2D eigenvalue weighted by molar-refractivity contribution is 0.0921. The lowest BCUT2D eigenvalue weighted by atomic mass is 10.0. The highest BCUT2D eigenvalue weighted by Gasteiger charge is 2.19. The average Bonchev–Trinajstić information content (AvgIpc) is 3.03. The molecule has 0 radical (unpaired) electrons. The third-order valence-corrected chi connectivity index (χ3v) is 5.87. The number of Topliss-reactive ketones (excluding diaryl/α,β-unsaturated/α-hetero) is 1. The van der Waals surface area contributed by atoms with Gasteiger partial charge >= 0.3 is 0 Å². The molecular formula is C22H18O4S. The third-order valence-electron chi connectivity index (χ3n) is 4.74. The molecule has 0 saturated carbocycles. The minimum atomic E-state index is -3.24. The van der Waals surface area contributed by atoms with Gasteiger partial charge in [0.1, 0.15) is 5.75 Å². The van der Waals surface area contributed by atoms with E-state index in [1.807, 2.05) is 30.3 Å². The van der Waals surface area contributed by atoms with Crippen LogP contribution in [0.25, 0.3) is 11.1 Å². The first-order chi connectivity index (χ1) is 12.9. The van der Waals surface area contributed by atoms with Crippen LogP contribution in [0.5, 0.6) is 5.75 Å². The van der Waals surface area contributed by atoms with Gasteiger partial charge in [0.2, 0.25) is 0 Å². The van der Waals surface area contributed by atoms with Crippen molar-refractivity contribution in [1.29, 1.82) is 0 Å². The maximum atomic E-state index is 12.5. The van der Waals surface area contributed by atoms with Crippen LogP contribution in [-0.2, 0) is 16.3 Å². The van der Waals surface area contributed by atoms with Crippen molar-refractivity contribution in [3.8, 4) is 16.9 Å². The fourth-order valence-electron chi connectivity index (χ4n) is 3.33. The Balaban J connectivity index is 1.46. The first kappa shape index (κ1) is 17.5. The number of carbonyl (C=O) groups is 1. The van der Waals surface area contributed by atoms with Gasteiger partial charge in [-0.3, -0.25) is 4.79 Å². The molecule has 0 fully saturated rings. The third kappa shape index (κ3) is 3.51. The molecule has 0 unspecified atom stereocenters. The van der Waals surface area contributed by atoms with Crippen LogP contribution in [0, 0.1) is 0 Å². The summed E-state index contributed by atoms with van der Waals surface area (Å²) >= 11 is 0. The largest absolute Gasteiger partial charge is 0.485 e. The van der Waals surface area contributed by atoms with Gasteiger partial charge in [-0.15, -0.1) is 0 Å². The summed E-state index contributed by atoms with van der Waals surface area (Å²) in [4.78, 5) is 12.7. The molecule has 0 atom stereocenters. The number of carbonyl (C=O) groups excluding carboxylic acids is 1. The summed E-state index contributed by atoms with van der Waals surface area (Å²) in [7, 11) is -3.24. The Kier molecular flexibility index (Phi) is 4.32. The normalized spacial score (nSPS) is 12.3. The zero-order valence-electron chi connectivity index (χ0n) is 14.8. The Morgan fingerprint density at radius 1 is 0.926 bits per heavy atom. The standard InChI is InChI=1S/C22H18O4S/c1-27(24,25)19-9-7-18(8-10-19)26-14-22(23)16-6-11-21-17(13-16)12-15-4-2-3-5-20(15)21/h2-11,13H,12,14H2,1H3. The summed E-state index contributed by atoms with van der Waals surface area (Å²) in [5.41, 5.74) is 5.46. The molecular weight excluding hydrogens is 360 g/mol. The highest BCUT2D eigenvalue weighted by atomic mass is 32.2. The van der Waals surface area contributed by atoms with E-state index in [1.54, 1.807) is 12.1 Å². The number of hydrogen-bond acceptors (Lipinski definition) is 4. The monoisotopic (exact) mass is 378 g/mol. The van der Waals surface area contributed by atoms with E-state index in [0.29, 0.717) is 11.3 Å². The molecule has 0 amide bonds. The molecule has 0 bridgehead atoms. The Labute approximate surface area is 158 Å². The number of benzene rings is 3. The minimum absolute atomic E-state index is 0.0933. The molecule has 4 rings (SSSR count). The first-order valence-electron chi connectivity index (χ1n) is 8.59. The van der Waals surface area contributed by atoms with Gasteiger partial charge in [-0.05, 0) is 59.0 Å². The quantitative estimate of drug-likeness (QED) is 0.494. The maximum absolute atomic E-state index is 12.5. The summed E-state index contributed by atoms with van der Waals surface area (Å²) in [6, 6.07) is 20.1. The van der Waals surface area contributed by atoms with Crippen molar-refractivity contribution in [2.45, 2.75) is 11.3 Å². The molecule has 1 aliphatic rings. The fraction of sp³-hybridized carbons (Fsp3) is 0.136. The van der Waals surface area contributed by atoms with E-state index in [0.717, 1.165) is 18.2 Å². The number of rotatable bonds is 5. The predicted octanol–water partition coefficient (Wildman–Crippen LogP) is 3.92. The number of hydrogen-bond donors (Lipinski definition) is 0. The van der Waals surface area contributed by atoms with Gasteiger partial charge in [0.15, 0.2) is 22.2 Å². The van der Waals surface area contributed by atoms with Crippen molar-refractivity contribution in [2.75, 3.05) is 12.9 Å². The van der Waals surface area contributed by atoms with Crippen LogP contribution in [0.2, 0.25) is 0 Å². The summed E-state index contributed by atoms with van der Waals surface area (Å²) in [6.45, 7) is -0.0933. The second-order valence-electron chi connectivity index (χ2n) is 6.66. The molecule has 3 aromatic rings. The minimum Gasteiger partial charge on any atom is -0.485 e. The van der Waals surface area contributed by atoms with E-state index in [2.05, 4.69) is 12.1 Å². The lowest BCUT2D eigenvalue weighted by Gasteiger charge is -2.08. The van der Waals surface area contributed by atoms with Gasteiger partial charge in [0, 0.05) is 11.8 Å². The smallest absolute Gasteiger partial charge is 0.200 e. The highest BCUT2D eigenvalue weighted by molar-refractivity contribution is 7.90. The maximum Gasteiger partial charge on any atom is 0.200 e. The predicted molar refractivity (Wildman–Crippen MR) is 104 cm³/mol. The van der Waals surface area contributed by atoms with Crippen LogP contribution in [0.3, 0.4) is 0 Å². The van der Waals surface area contributed by atoms with Gasteiger partial charge in [-0.2, -0.15) is 0 Å². The molecule has 0 aliphatic heterocycles. The second-order valence-corrected chi connectivity index (χ2v) is 8.68. The van der Waals surface area contributed by atoms with E-state index in [4.69, 9.17) is 4.74 Å². The van der Waals surface area contributed by atoms with Gasteiger partial charge in [-0.25, -0.2) is 8.42 Å². The Hall–Kier alpha value is -2.92. The summed E-state index contributed by atoms with van der Waals surface area (Å²) < 4.78 is 28.5. The molecule has 0 heterocycles.